The summed E-state index contributed by atoms with van der Waals surface area (Å²) in [5, 5.41) is 19.4. The van der Waals surface area contributed by atoms with Crippen LogP contribution in [0.5, 0.6) is 0 Å². The summed E-state index contributed by atoms with van der Waals surface area (Å²) in [7, 11) is -3.08. The first-order chi connectivity index (χ1) is 15.3. The molecule has 1 aromatic carbocycles. The number of nitrogen functional groups attached to an aromatic ring is 1. The number of aromatic nitrogens is 8. The molecule has 2 N–H and O–H groups in total. The highest BCUT2D eigenvalue weighted by Gasteiger charge is 2.30. The molecule has 1 atom stereocenters. The Labute approximate surface area is 179 Å². The summed E-state index contributed by atoms with van der Waals surface area (Å²) in [4.78, 5) is 4.14. The molecule has 1 aliphatic rings. The number of halogens is 2. The van der Waals surface area contributed by atoms with Crippen molar-refractivity contribution in [1.82, 2.24) is 40.2 Å². The number of pyridine rings is 1. The number of rotatable bonds is 4. The summed E-state index contributed by atoms with van der Waals surface area (Å²) >= 11 is 0. The van der Waals surface area contributed by atoms with Crippen LogP contribution >= 0.6 is 0 Å². The average molecular weight is 459 g/mol. The molecule has 0 amide bonds. The van der Waals surface area contributed by atoms with Gasteiger partial charge in [0.05, 0.1) is 29.3 Å². The first kappa shape index (κ1) is 20.1. The Kier molecular flexibility index (Phi) is 4.65. The Morgan fingerprint density at radius 1 is 1.16 bits per heavy atom. The van der Waals surface area contributed by atoms with Crippen molar-refractivity contribution in [2.75, 3.05) is 17.2 Å². The van der Waals surface area contributed by atoms with Crippen LogP contribution in [-0.2, 0) is 9.84 Å². The van der Waals surface area contributed by atoms with E-state index in [-0.39, 0.29) is 40.4 Å². The Morgan fingerprint density at radius 3 is 2.78 bits per heavy atom. The van der Waals surface area contributed by atoms with Gasteiger partial charge in [0.15, 0.2) is 27.3 Å². The highest BCUT2D eigenvalue weighted by molar-refractivity contribution is 7.91. The topological polar surface area (TPSA) is 147 Å². The maximum atomic E-state index is 14.3. The van der Waals surface area contributed by atoms with E-state index in [1.54, 1.807) is 12.3 Å². The molecule has 14 heteroatoms. The van der Waals surface area contributed by atoms with Gasteiger partial charge < -0.3 is 5.73 Å². The van der Waals surface area contributed by atoms with E-state index < -0.39 is 21.5 Å². The molecule has 0 aliphatic carbocycles. The van der Waals surface area contributed by atoms with Crippen LogP contribution in [0.25, 0.3) is 28.3 Å². The van der Waals surface area contributed by atoms with E-state index in [0.717, 1.165) is 10.7 Å². The fourth-order valence-corrected chi connectivity index (χ4v) is 5.24. The van der Waals surface area contributed by atoms with Gasteiger partial charge in [0.1, 0.15) is 17.2 Å². The summed E-state index contributed by atoms with van der Waals surface area (Å²) < 4.78 is 54.0. The lowest BCUT2D eigenvalue weighted by Gasteiger charge is -2.09. The van der Waals surface area contributed by atoms with Crippen LogP contribution in [-0.4, -0.2) is 60.1 Å². The number of benzene rings is 1. The Morgan fingerprint density at radius 2 is 2.00 bits per heavy atom. The van der Waals surface area contributed by atoms with E-state index in [0.29, 0.717) is 17.7 Å². The molecule has 164 valence electrons. The number of nitrogens with two attached hydrogens (primary N) is 1. The van der Waals surface area contributed by atoms with Crippen molar-refractivity contribution in [3.8, 4) is 28.3 Å². The third-order valence-corrected chi connectivity index (χ3v) is 6.93. The van der Waals surface area contributed by atoms with Crippen LogP contribution in [0.2, 0.25) is 0 Å². The number of hydrogen-bond donors (Lipinski definition) is 1. The summed E-state index contributed by atoms with van der Waals surface area (Å²) in [6, 6.07) is 4.96. The monoisotopic (exact) mass is 459 g/mol. The second-order valence-corrected chi connectivity index (χ2v) is 9.51. The minimum atomic E-state index is -3.08. The fourth-order valence-electron chi connectivity index (χ4n) is 3.54. The molecule has 1 saturated heterocycles. The zero-order valence-corrected chi connectivity index (χ0v) is 17.1. The van der Waals surface area contributed by atoms with Crippen LogP contribution in [0.15, 0.2) is 36.7 Å². The second-order valence-electron chi connectivity index (χ2n) is 7.28. The van der Waals surface area contributed by atoms with Gasteiger partial charge in [0.25, 0.3) is 0 Å². The highest BCUT2D eigenvalue weighted by atomic mass is 32.2. The smallest absolute Gasteiger partial charge is 0.190 e. The normalized spacial score (nSPS) is 17.6. The lowest BCUT2D eigenvalue weighted by molar-refractivity contribution is 0.484. The summed E-state index contributed by atoms with van der Waals surface area (Å²) in [6.45, 7) is 0. The molecule has 5 rings (SSSR count). The molecule has 3 aromatic heterocycles. The van der Waals surface area contributed by atoms with Gasteiger partial charge >= 0.3 is 0 Å². The maximum Gasteiger partial charge on any atom is 0.190 e. The number of sulfone groups is 1. The Hall–Kier alpha value is -3.81. The van der Waals surface area contributed by atoms with Crippen molar-refractivity contribution in [1.29, 1.82) is 0 Å². The Bertz CT molecular complexity index is 1430. The zero-order chi connectivity index (χ0) is 22.5. The molecule has 4 aromatic rings. The lowest BCUT2D eigenvalue weighted by Crippen LogP contribution is -2.11. The molecular formula is C18H15F2N9O2S. The van der Waals surface area contributed by atoms with Gasteiger partial charge in [-0.1, -0.05) is 11.3 Å². The minimum absolute atomic E-state index is 0.00894. The molecule has 1 aliphatic heterocycles. The SMILES string of the molecule is Nc1ncc(-c2cn([C@@H]3CCS(=O)(=O)C3)nn2)cc1-c1nnnn1-c1cccc(F)c1F. The molecule has 32 heavy (non-hydrogen) atoms. The maximum absolute atomic E-state index is 14.3. The van der Waals surface area contributed by atoms with E-state index in [9.17, 15) is 17.2 Å². The van der Waals surface area contributed by atoms with Gasteiger partial charge in [-0.15, -0.1) is 10.2 Å². The summed E-state index contributed by atoms with van der Waals surface area (Å²) in [6.07, 6.45) is 3.55. The van der Waals surface area contributed by atoms with Gasteiger partial charge in [0.2, 0.25) is 0 Å². The van der Waals surface area contributed by atoms with Gasteiger partial charge in [0, 0.05) is 11.8 Å². The molecule has 0 radical (unpaired) electrons. The van der Waals surface area contributed by atoms with Crippen molar-refractivity contribution in [3.63, 3.8) is 0 Å². The van der Waals surface area contributed by atoms with Crippen LogP contribution in [0, 0.1) is 11.6 Å². The van der Waals surface area contributed by atoms with Crippen molar-refractivity contribution in [2.45, 2.75) is 12.5 Å². The molecule has 0 unspecified atom stereocenters. The van der Waals surface area contributed by atoms with Gasteiger partial charge in [-0.05, 0) is 35.0 Å². The van der Waals surface area contributed by atoms with E-state index in [4.69, 9.17) is 5.73 Å². The third kappa shape index (κ3) is 3.47. The summed E-state index contributed by atoms with van der Waals surface area (Å²) in [5.41, 5.74) is 7.03. The molecule has 0 bridgehead atoms. The van der Waals surface area contributed by atoms with Gasteiger partial charge in [-0.3, -0.25) is 0 Å². The first-order valence-electron chi connectivity index (χ1n) is 9.44. The van der Waals surface area contributed by atoms with Crippen molar-refractivity contribution >= 4 is 15.7 Å². The first-order valence-corrected chi connectivity index (χ1v) is 11.3. The van der Waals surface area contributed by atoms with Gasteiger partial charge in [-0.25, -0.2) is 26.9 Å². The predicted molar refractivity (Wildman–Crippen MR) is 108 cm³/mol. The number of anilines is 1. The van der Waals surface area contributed by atoms with E-state index >= 15 is 0 Å². The van der Waals surface area contributed by atoms with Crippen molar-refractivity contribution in [3.05, 3.63) is 48.3 Å². The van der Waals surface area contributed by atoms with E-state index in [1.807, 2.05) is 0 Å². The van der Waals surface area contributed by atoms with Gasteiger partial charge in [-0.2, -0.15) is 4.68 Å². The fraction of sp³-hybridized carbons (Fsp3) is 0.222. The van der Waals surface area contributed by atoms with E-state index in [2.05, 4.69) is 30.8 Å². The number of hydrogen-bond acceptors (Lipinski definition) is 9. The van der Waals surface area contributed by atoms with Crippen LogP contribution in [0.4, 0.5) is 14.6 Å². The quantitative estimate of drug-likeness (QED) is 0.475. The molecule has 0 saturated carbocycles. The van der Waals surface area contributed by atoms with Crippen LogP contribution in [0.1, 0.15) is 12.5 Å². The molecule has 4 heterocycles. The largest absolute Gasteiger partial charge is 0.383 e. The van der Waals surface area contributed by atoms with Crippen LogP contribution < -0.4 is 5.73 Å². The number of nitrogens with zero attached hydrogens (tertiary/aromatic N) is 8. The van der Waals surface area contributed by atoms with Crippen LogP contribution in [0.3, 0.4) is 0 Å². The zero-order valence-electron chi connectivity index (χ0n) is 16.3. The standard InChI is InChI=1S/C18H15F2N9O2S/c19-13-2-1-3-15(16(13)20)29-18(24-25-27-29)12-6-10(7-22-17(12)21)14-8-28(26-23-14)11-4-5-32(30,31)9-11/h1-3,6-8,11H,4-5,9H2,(H2,21,22)/t11-/m1/s1. The molecular weight excluding hydrogens is 444 g/mol. The molecule has 0 spiro atoms. The Balaban J connectivity index is 1.53. The molecule has 1 fully saturated rings. The predicted octanol–water partition coefficient (Wildman–Crippen LogP) is 1.20. The highest BCUT2D eigenvalue weighted by Crippen LogP contribution is 2.30. The number of tetrazole rings is 1. The van der Waals surface area contributed by atoms with Crippen molar-refractivity contribution in [2.24, 2.45) is 0 Å². The average Bonchev–Trinajstić information content (AvgIpc) is 3.50. The third-order valence-electron chi connectivity index (χ3n) is 5.18. The molecule has 11 nitrogen and oxygen atoms in total. The second kappa shape index (κ2) is 7.40. The van der Waals surface area contributed by atoms with Crippen molar-refractivity contribution < 1.29 is 17.2 Å². The minimum Gasteiger partial charge on any atom is -0.383 e. The van der Waals surface area contributed by atoms with E-state index in [1.165, 1.54) is 23.0 Å². The lowest BCUT2D eigenvalue weighted by atomic mass is 10.1. The summed E-state index contributed by atoms with van der Waals surface area (Å²) in [5.74, 6) is -1.92.